The summed E-state index contributed by atoms with van der Waals surface area (Å²) in [6.07, 6.45) is 13.8. The van der Waals surface area contributed by atoms with Gasteiger partial charge in [-0.15, -0.1) is 0 Å². The van der Waals surface area contributed by atoms with Gasteiger partial charge in [0.2, 0.25) is 11.8 Å². The number of rotatable bonds is 9. The molecular formula is C43H49N11O4. The summed E-state index contributed by atoms with van der Waals surface area (Å²) in [4.78, 5) is 67.1. The zero-order valence-corrected chi connectivity index (χ0v) is 32.8. The number of aromatic nitrogens is 4. The van der Waals surface area contributed by atoms with Gasteiger partial charge >= 0.3 is 0 Å². The smallest absolute Gasteiger partial charge is 0.255 e. The molecule has 2 saturated carbocycles. The van der Waals surface area contributed by atoms with E-state index in [-0.39, 0.29) is 30.2 Å². The Labute approximate surface area is 337 Å². The summed E-state index contributed by atoms with van der Waals surface area (Å²) in [5.74, 6) is 0.159. The number of fused-ring (bicyclic) bond motifs is 2. The highest BCUT2D eigenvalue weighted by atomic mass is 16.2. The highest BCUT2D eigenvalue weighted by Gasteiger charge is 2.39. The fourth-order valence-electron chi connectivity index (χ4n) is 9.73. The normalized spacial score (nSPS) is 23.4. The third-order valence-electron chi connectivity index (χ3n) is 13.2. The van der Waals surface area contributed by atoms with E-state index in [1.54, 1.807) is 28.0 Å². The number of anilines is 2. The van der Waals surface area contributed by atoms with E-state index in [1.807, 2.05) is 18.2 Å². The van der Waals surface area contributed by atoms with Crippen LogP contribution in [0.4, 0.5) is 11.4 Å². The van der Waals surface area contributed by atoms with Gasteiger partial charge in [-0.05, 0) is 81.5 Å². The minimum Gasteiger partial charge on any atom is -0.382 e. The number of carbonyl (C=O) groups excluding carboxylic acids is 4. The predicted octanol–water partition coefficient (Wildman–Crippen LogP) is 4.30. The number of benzene rings is 1. The Morgan fingerprint density at radius 3 is 2.47 bits per heavy atom. The van der Waals surface area contributed by atoms with Crippen molar-refractivity contribution < 1.29 is 19.2 Å². The molecule has 0 radical (unpaired) electrons. The molecule has 0 spiro atoms. The number of piperazine rings is 1. The maximum Gasteiger partial charge on any atom is 0.255 e. The molecule has 58 heavy (non-hydrogen) atoms. The van der Waals surface area contributed by atoms with Gasteiger partial charge < -0.3 is 20.4 Å². The molecule has 15 nitrogen and oxygen atoms in total. The van der Waals surface area contributed by atoms with Gasteiger partial charge in [0, 0.05) is 92.4 Å². The van der Waals surface area contributed by atoms with E-state index >= 15 is 0 Å². The molecule has 5 aliphatic rings. The maximum atomic E-state index is 13.9. The van der Waals surface area contributed by atoms with Crippen molar-refractivity contribution in [1.29, 1.82) is 5.26 Å². The molecule has 2 aliphatic carbocycles. The van der Waals surface area contributed by atoms with Crippen LogP contribution in [0, 0.1) is 17.2 Å². The number of imide groups is 1. The van der Waals surface area contributed by atoms with Crippen molar-refractivity contribution in [3.63, 3.8) is 0 Å². The third-order valence-corrected chi connectivity index (χ3v) is 13.2. The lowest BCUT2D eigenvalue weighted by molar-refractivity contribution is -0.136. The average molecular weight is 784 g/mol. The number of pyridine rings is 2. The quantitative estimate of drug-likeness (QED) is 0.206. The van der Waals surface area contributed by atoms with Crippen molar-refractivity contribution in [2.75, 3.05) is 36.4 Å². The first-order valence-electron chi connectivity index (χ1n) is 20.8. The van der Waals surface area contributed by atoms with Gasteiger partial charge in [0.15, 0.2) is 11.5 Å². The zero-order valence-electron chi connectivity index (χ0n) is 32.8. The van der Waals surface area contributed by atoms with Crippen LogP contribution in [0.2, 0.25) is 0 Å². The van der Waals surface area contributed by atoms with E-state index in [9.17, 15) is 24.4 Å². The van der Waals surface area contributed by atoms with E-state index < -0.39 is 11.9 Å². The standard InChI is InChI=1S/C43H49N11O4/c1-26(51-14-16-52(17-15-51)33-11-8-29-25-53(43(58)34(29)19-33)37-12-13-39(55)50-42(37)57)28-6-9-32(10-7-28)49-41(56)35-24-45-38(20-36(35)48-31-4-2-3-5-31)54-40-30(23-47-54)18-27(21-44)22-46-40/h8,11,18-20,22-24,26,28,31-32,37H,2-7,9-10,12-17,25H2,1H3,(H,45,48)(H,49,56)(H,50,55,57)/t26-,28?,32?,37?/m1/s1. The van der Waals surface area contributed by atoms with Crippen molar-refractivity contribution >= 4 is 46.0 Å². The fourth-order valence-corrected chi connectivity index (χ4v) is 9.73. The fraction of sp³-hybridized carbons (Fsp3) is 0.488. The molecule has 3 aromatic heterocycles. The van der Waals surface area contributed by atoms with Gasteiger partial charge in [-0.1, -0.05) is 18.9 Å². The predicted molar refractivity (Wildman–Crippen MR) is 216 cm³/mol. The third kappa shape index (κ3) is 7.37. The van der Waals surface area contributed by atoms with E-state index in [0.717, 1.165) is 99.9 Å². The topological polar surface area (TPSA) is 181 Å². The number of piperidine rings is 1. The Balaban J connectivity index is 0.790. The summed E-state index contributed by atoms with van der Waals surface area (Å²) < 4.78 is 1.65. The molecule has 0 bridgehead atoms. The molecule has 4 fully saturated rings. The van der Waals surface area contributed by atoms with Crippen LogP contribution in [-0.4, -0.2) is 104 Å². The van der Waals surface area contributed by atoms with Crippen LogP contribution in [0.25, 0.3) is 16.9 Å². The molecule has 3 N–H and O–H groups in total. The highest BCUT2D eigenvalue weighted by molar-refractivity contribution is 6.05. The second-order valence-electron chi connectivity index (χ2n) is 16.6. The average Bonchev–Trinajstić information content (AvgIpc) is 4.00. The minimum absolute atomic E-state index is 0.0915. The van der Waals surface area contributed by atoms with Crippen molar-refractivity contribution in [3.05, 3.63) is 71.2 Å². The molecule has 9 rings (SSSR count). The molecule has 2 saturated heterocycles. The van der Waals surface area contributed by atoms with E-state index in [4.69, 9.17) is 0 Å². The lowest BCUT2D eigenvalue weighted by Crippen LogP contribution is -2.52. The molecule has 1 aromatic carbocycles. The number of nitrogens with zero attached hydrogens (tertiary/aromatic N) is 8. The van der Waals surface area contributed by atoms with Crippen LogP contribution in [0.1, 0.15) is 103 Å². The first kappa shape index (κ1) is 37.7. The molecule has 2 atom stereocenters. The Morgan fingerprint density at radius 2 is 1.71 bits per heavy atom. The largest absolute Gasteiger partial charge is 0.382 e. The lowest BCUT2D eigenvalue weighted by Gasteiger charge is -2.43. The van der Waals surface area contributed by atoms with Gasteiger partial charge in [0.05, 0.1) is 23.0 Å². The number of hydrogen-bond acceptors (Lipinski definition) is 11. The van der Waals surface area contributed by atoms with Crippen molar-refractivity contribution in [1.82, 2.24) is 40.2 Å². The number of carbonyl (C=O) groups is 4. The molecular weight excluding hydrogens is 735 g/mol. The summed E-state index contributed by atoms with van der Waals surface area (Å²) in [7, 11) is 0. The summed E-state index contributed by atoms with van der Waals surface area (Å²) in [5.41, 5.74) is 4.93. The maximum absolute atomic E-state index is 13.9. The number of nitriles is 1. The van der Waals surface area contributed by atoms with Gasteiger partial charge in [-0.3, -0.25) is 29.4 Å². The Hall–Kier alpha value is -5.88. The number of nitrogens with one attached hydrogen (secondary N) is 3. The van der Waals surface area contributed by atoms with E-state index in [0.29, 0.717) is 59.1 Å². The monoisotopic (exact) mass is 783 g/mol. The van der Waals surface area contributed by atoms with Crippen LogP contribution in [0.3, 0.4) is 0 Å². The van der Waals surface area contributed by atoms with Crippen molar-refractivity contribution in [2.24, 2.45) is 5.92 Å². The van der Waals surface area contributed by atoms with Gasteiger partial charge in [0.25, 0.3) is 11.8 Å². The molecule has 4 aromatic rings. The van der Waals surface area contributed by atoms with Crippen molar-refractivity contribution in [2.45, 2.75) is 102 Å². The second kappa shape index (κ2) is 15.8. The van der Waals surface area contributed by atoms with Crippen molar-refractivity contribution in [3.8, 4) is 11.9 Å². The van der Waals surface area contributed by atoms with E-state index in [1.165, 1.54) is 6.20 Å². The Morgan fingerprint density at radius 1 is 0.914 bits per heavy atom. The molecule has 6 heterocycles. The first-order valence-corrected chi connectivity index (χ1v) is 20.8. The lowest BCUT2D eigenvalue weighted by atomic mass is 9.81. The minimum atomic E-state index is -0.612. The summed E-state index contributed by atoms with van der Waals surface area (Å²) in [6, 6.07) is 12.0. The van der Waals surface area contributed by atoms with Crippen LogP contribution in [0.15, 0.2) is 48.9 Å². The first-order chi connectivity index (χ1) is 28.2. The van der Waals surface area contributed by atoms with Gasteiger partial charge in [-0.2, -0.15) is 15.0 Å². The van der Waals surface area contributed by atoms with Gasteiger partial charge in [-0.25, -0.2) is 9.97 Å². The second-order valence-corrected chi connectivity index (χ2v) is 16.6. The SMILES string of the molecule is C[C@H](C1CCC(NC(=O)c2cnc(-n3ncc4cc(C#N)cnc43)cc2NC2CCCC2)CC1)N1CCN(c2ccc3c(c2)C(=O)N(C2CCC(=O)NC2=O)C3)CC1. The molecule has 3 aliphatic heterocycles. The number of amides is 4. The molecule has 15 heteroatoms. The summed E-state index contributed by atoms with van der Waals surface area (Å²) in [5, 5.41) is 23.9. The Bertz CT molecular complexity index is 2300. The zero-order chi connectivity index (χ0) is 39.9. The Kier molecular flexibility index (Phi) is 10.3. The summed E-state index contributed by atoms with van der Waals surface area (Å²) >= 11 is 0. The van der Waals surface area contributed by atoms with Crippen LogP contribution < -0.4 is 20.9 Å². The summed E-state index contributed by atoms with van der Waals surface area (Å²) in [6.45, 7) is 6.30. The molecule has 4 amide bonds. The van der Waals surface area contributed by atoms with Crippen LogP contribution >= 0.6 is 0 Å². The van der Waals surface area contributed by atoms with E-state index in [2.05, 4.69) is 59.9 Å². The van der Waals surface area contributed by atoms with Crippen LogP contribution in [0.5, 0.6) is 0 Å². The highest BCUT2D eigenvalue weighted by Crippen LogP contribution is 2.34. The molecule has 1 unspecified atom stereocenters. The number of hydrogen-bond donors (Lipinski definition) is 3. The van der Waals surface area contributed by atoms with Crippen LogP contribution in [-0.2, 0) is 16.1 Å². The van der Waals surface area contributed by atoms with Gasteiger partial charge in [0.1, 0.15) is 12.1 Å². The molecule has 300 valence electrons.